The second-order valence-electron chi connectivity index (χ2n) is 3.69. The summed E-state index contributed by atoms with van der Waals surface area (Å²) in [6.07, 6.45) is 3.39. The third-order valence-corrected chi connectivity index (χ3v) is 2.94. The SMILES string of the molecule is CCCCC(CC)(C(=O)O)N(C=O)CC. The summed E-state index contributed by atoms with van der Waals surface area (Å²) in [6, 6.07) is 0. The third kappa shape index (κ3) is 2.94. The molecule has 0 aromatic carbocycles. The molecule has 0 bridgehead atoms. The molecule has 0 aromatic heterocycles. The minimum absolute atomic E-state index is 0.438. The number of nitrogens with zero attached hydrogens (tertiary/aromatic N) is 1. The minimum atomic E-state index is -1.01. The number of carbonyl (C=O) groups is 2. The Kier molecular flexibility index (Phi) is 5.97. The number of carboxylic acids is 1. The van der Waals surface area contributed by atoms with Crippen LogP contribution >= 0.6 is 0 Å². The summed E-state index contributed by atoms with van der Waals surface area (Å²) < 4.78 is 0. The Hall–Kier alpha value is -1.06. The number of amides is 1. The molecule has 0 aliphatic heterocycles. The van der Waals surface area contributed by atoms with Crippen molar-refractivity contribution in [2.45, 2.75) is 52.0 Å². The second-order valence-corrected chi connectivity index (χ2v) is 3.69. The van der Waals surface area contributed by atoms with Gasteiger partial charge in [-0.15, -0.1) is 0 Å². The van der Waals surface area contributed by atoms with Crippen molar-refractivity contribution in [3.8, 4) is 0 Å². The van der Waals surface area contributed by atoms with Crippen LogP contribution in [0.5, 0.6) is 0 Å². The first-order valence-electron chi connectivity index (χ1n) is 5.54. The van der Waals surface area contributed by atoms with Crippen LogP contribution in [0.1, 0.15) is 46.5 Å². The van der Waals surface area contributed by atoms with E-state index in [1.54, 1.807) is 6.92 Å². The quantitative estimate of drug-likeness (QED) is 0.629. The fraction of sp³-hybridized carbons (Fsp3) is 0.818. The largest absolute Gasteiger partial charge is 0.479 e. The molecule has 0 saturated carbocycles. The average molecular weight is 215 g/mol. The Balaban J connectivity index is 4.93. The first kappa shape index (κ1) is 13.9. The van der Waals surface area contributed by atoms with E-state index in [9.17, 15) is 14.7 Å². The molecule has 0 fully saturated rings. The van der Waals surface area contributed by atoms with Gasteiger partial charge in [0.05, 0.1) is 0 Å². The predicted molar refractivity (Wildman–Crippen MR) is 58.6 cm³/mol. The van der Waals surface area contributed by atoms with Gasteiger partial charge in [0.2, 0.25) is 6.41 Å². The van der Waals surface area contributed by atoms with Gasteiger partial charge in [-0.05, 0) is 19.8 Å². The number of hydrogen-bond acceptors (Lipinski definition) is 2. The van der Waals surface area contributed by atoms with Gasteiger partial charge >= 0.3 is 5.97 Å². The molecule has 0 aliphatic rings. The third-order valence-electron chi connectivity index (χ3n) is 2.94. The van der Waals surface area contributed by atoms with E-state index in [0.717, 1.165) is 12.8 Å². The number of carbonyl (C=O) groups excluding carboxylic acids is 1. The van der Waals surface area contributed by atoms with Crippen molar-refractivity contribution in [1.82, 2.24) is 4.90 Å². The van der Waals surface area contributed by atoms with E-state index in [1.807, 2.05) is 13.8 Å². The molecule has 4 nitrogen and oxygen atoms in total. The van der Waals surface area contributed by atoms with E-state index < -0.39 is 11.5 Å². The normalized spacial score (nSPS) is 14.3. The number of unbranched alkanes of at least 4 members (excludes halogenated alkanes) is 1. The highest BCUT2D eigenvalue weighted by Gasteiger charge is 2.40. The number of hydrogen-bond donors (Lipinski definition) is 1. The molecular formula is C11H21NO3. The molecule has 0 rings (SSSR count). The van der Waals surface area contributed by atoms with Crippen molar-refractivity contribution in [1.29, 1.82) is 0 Å². The molecule has 0 aliphatic carbocycles. The number of likely N-dealkylation sites (N-methyl/N-ethyl adjacent to an activating group) is 1. The molecule has 0 saturated heterocycles. The summed E-state index contributed by atoms with van der Waals surface area (Å²) in [5.41, 5.74) is -1.01. The number of rotatable bonds is 8. The highest BCUT2D eigenvalue weighted by atomic mass is 16.4. The Labute approximate surface area is 91.3 Å². The van der Waals surface area contributed by atoms with Gasteiger partial charge < -0.3 is 10.0 Å². The molecule has 0 heterocycles. The Morgan fingerprint density at radius 2 is 2.00 bits per heavy atom. The fourth-order valence-electron chi connectivity index (χ4n) is 1.85. The van der Waals surface area contributed by atoms with Crippen molar-refractivity contribution in [2.75, 3.05) is 6.54 Å². The van der Waals surface area contributed by atoms with Gasteiger partial charge in [-0.2, -0.15) is 0 Å². The molecule has 1 atom stereocenters. The van der Waals surface area contributed by atoms with Crippen LogP contribution in [0.2, 0.25) is 0 Å². The van der Waals surface area contributed by atoms with Gasteiger partial charge in [-0.1, -0.05) is 26.7 Å². The molecule has 15 heavy (non-hydrogen) atoms. The van der Waals surface area contributed by atoms with Crippen molar-refractivity contribution >= 4 is 12.4 Å². The molecule has 0 aromatic rings. The monoisotopic (exact) mass is 215 g/mol. The van der Waals surface area contributed by atoms with E-state index in [4.69, 9.17) is 0 Å². The van der Waals surface area contributed by atoms with E-state index in [0.29, 0.717) is 25.8 Å². The lowest BCUT2D eigenvalue weighted by atomic mass is 9.88. The molecule has 4 heteroatoms. The molecule has 1 N–H and O–H groups in total. The Morgan fingerprint density at radius 1 is 1.40 bits per heavy atom. The van der Waals surface area contributed by atoms with Crippen LogP contribution in [-0.4, -0.2) is 34.5 Å². The van der Waals surface area contributed by atoms with Gasteiger partial charge in [0.15, 0.2) is 0 Å². The van der Waals surface area contributed by atoms with Gasteiger partial charge in [0.25, 0.3) is 0 Å². The fourth-order valence-corrected chi connectivity index (χ4v) is 1.85. The topological polar surface area (TPSA) is 57.6 Å². The Bertz CT molecular complexity index is 218. The molecule has 88 valence electrons. The summed E-state index contributed by atoms with van der Waals surface area (Å²) in [6.45, 7) is 6.07. The maximum atomic E-state index is 11.3. The summed E-state index contributed by atoms with van der Waals surface area (Å²) >= 11 is 0. The lowest BCUT2D eigenvalue weighted by molar-refractivity contribution is -0.156. The van der Waals surface area contributed by atoms with Crippen molar-refractivity contribution in [2.24, 2.45) is 0 Å². The molecule has 0 spiro atoms. The molecule has 1 unspecified atom stereocenters. The zero-order chi connectivity index (χ0) is 11.9. The van der Waals surface area contributed by atoms with Crippen LogP contribution in [0, 0.1) is 0 Å². The van der Waals surface area contributed by atoms with Crippen LogP contribution in [0.15, 0.2) is 0 Å². The zero-order valence-electron chi connectivity index (χ0n) is 9.82. The predicted octanol–water partition coefficient (Wildman–Crippen LogP) is 1.89. The van der Waals surface area contributed by atoms with Gasteiger partial charge in [0, 0.05) is 6.54 Å². The summed E-state index contributed by atoms with van der Waals surface area (Å²) in [7, 11) is 0. The van der Waals surface area contributed by atoms with E-state index in [1.165, 1.54) is 4.90 Å². The summed E-state index contributed by atoms with van der Waals surface area (Å²) in [5.74, 6) is -0.896. The van der Waals surface area contributed by atoms with E-state index in [-0.39, 0.29) is 0 Å². The molecule has 0 radical (unpaired) electrons. The lowest BCUT2D eigenvalue weighted by Crippen LogP contribution is -2.53. The van der Waals surface area contributed by atoms with Crippen molar-refractivity contribution < 1.29 is 14.7 Å². The summed E-state index contributed by atoms with van der Waals surface area (Å²) in [4.78, 5) is 23.6. The highest BCUT2D eigenvalue weighted by molar-refractivity contribution is 5.81. The first-order valence-corrected chi connectivity index (χ1v) is 5.54. The van der Waals surface area contributed by atoms with Crippen LogP contribution in [0.3, 0.4) is 0 Å². The van der Waals surface area contributed by atoms with Crippen LogP contribution in [-0.2, 0) is 9.59 Å². The lowest BCUT2D eigenvalue weighted by Gasteiger charge is -2.37. The van der Waals surface area contributed by atoms with Crippen molar-refractivity contribution in [3.05, 3.63) is 0 Å². The van der Waals surface area contributed by atoms with Gasteiger partial charge in [-0.3, -0.25) is 4.79 Å². The van der Waals surface area contributed by atoms with Crippen molar-refractivity contribution in [3.63, 3.8) is 0 Å². The maximum absolute atomic E-state index is 11.3. The first-order chi connectivity index (χ1) is 7.08. The summed E-state index contributed by atoms with van der Waals surface area (Å²) in [5, 5.41) is 9.28. The van der Waals surface area contributed by atoms with Gasteiger partial charge in [-0.25, -0.2) is 4.79 Å². The molecular weight excluding hydrogens is 194 g/mol. The maximum Gasteiger partial charge on any atom is 0.329 e. The standard InChI is InChI=1S/C11H21NO3/c1-4-7-8-11(5-2,10(14)15)12(6-3)9-13/h9H,4-8H2,1-3H3,(H,14,15). The zero-order valence-corrected chi connectivity index (χ0v) is 9.82. The molecule has 1 amide bonds. The number of carboxylic acid groups (broad SMARTS) is 1. The number of aliphatic carboxylic acids is 1. The van der Waals surface area contributed by atoms with E-state index >= 15 is 0 Å². The Morgan fingerprint density at radius 3 is 2.27 bits per heavy atom. The van der Waals surface area contributed by atoms with E-state index in [2.05, 4.69) is 0 Å². The van der Waals surface area contributed by atoms with Crippen LogP contribution in [0.4, 0.5) is 0 Å². The van der Waals surface area contributed by atoms with Crippen LogP contribution < -0.4 is 0 Å². The average Bonchev–Trinajstić information content (AvgIpc) is 2.24. The highest BCUT2D eigenvalue weighted by Crippen LogP contribution is 2.25. The second kappa shape index (κ2) is 6.43. The smallest absolute Gasteiger partial charge is 0.329 e. The minimum Gasteiger partial charge on any atom is -0.479 e. The van der Waals surface area contributed by atoms with Crippen LogP contribution in [0.25, 0.3) is 0 Å². The van der Waals surface area contributed by atoms with Gasteiger partial charge in [0.1, 0.15) is 5.54 Å².